The second-order valence-electron chi connectivity index (χ2n) is 5.85. The van der Waals surface area contributed by atoms with Crippen molar-refractivity contribution in [1.82, 2.24) is 9.88 Å². The summed E-state index contributed by atoms with van der Waals surface area (Å²) in [6.07, 6.45) is 5.57. The lowest BCUT2D eigenvalue weighted by Crippen LogP contribution is -2.42. The van der Waals surface area contributed by atoms with Crippen LogP contribution in [0.1, 0.15) is 30.2 Å². The number of rotatable bonds is 4. The van der Waals surface area contributed by atoms with E-state index in [1.165, 1.54) is 29.8 Å². The molecule has 1 aliphatic heterocycles. The Morgan fingerprint density at radius 2 is 2.15 bits per heavy atom. The average Bonchev–Trinajstić information content (AvgIpc) is 2.99. The van der Waals surface area contributed by atoms with Gasteiger partial charge in [-0.25, -0.2) is 4.98 Å². The van der Waals surface area contributed by atoms with Gasteiger partial charge in [0.05, 0.1) is 0 Å². The molecule has 1 aliphatic rings. The standard InChI is InChI=1S/C16H21N3S/c1-16(10-13-6-3-2-4-7-13)8-5-9-19(16)12-14-11-18-15(17)20-14/h2-4,6-7,11H,5,8-10,12H2,1H3,(H2,17,18). The minimum atomic E-state index is 0.250. The van der Waals surface area contributed by atoms with Crippen LogP contribution >= 0.6 is 11.3 Å². The smallest absolute Gasteiger partial charge is 0.180 e. The summed E-state index contributed by atoms with van der Waals surface area (Å²) in [5, 5.41) is 0.670. The molecule has 0 saturated carbocycles. The molecule has 0 spiro atoms. The van der Waals surface area contributed by atoms with Gasteiger partial charge in [-0.2, -0.15) is 0 Å². The molecular formula is C16H21N3S. The third kappa shape index (κ3) is 2.86. The van der Waals surface area contributed by atoms with Crippen molar-refractivity contribution in [2.75, 3.05) is 12.3 Å². The zero-order valence-electron chi connectivity index (χ0n) is 11.9. The Kier molecular flexibility index (Phi) is 3.76. The zero-order valence-corrected chi connectivity index (χ0v) is 12.7. The van der Waals surface area contributed by atoms with Crippen molar-refractivity contribution < 1.29 is 0 Å². The number of nitrogen functional groups attached to an aromatic ring is 1. The second-order valence-corrected chi connectivity index (χ2v) is 7.00. The van der Waals surface area contributed by atoms with Gasteiger partial charge in [-0.1, -0.05) is 30.3 Å². The third-order valence-electron chi connectivity index (χ3n) is 4.25. The van der Waals surface area contributed by atoms with Crippen LogP contribution < -0.4 is 5.73 Å². The van der Waals surface area contributed by atoms with Crippen molar-refractivity contribution in [3.8, 4) is 0 Å². The normalized spacial score (nSPS) is 23.2. The minimum Gasteiger partial charge on any atom is -0.375 e. The van der Waals surface area contributed by atoms with E-state index in [-0.39, 0.29) is 5.54 Å². The lowest BCUT2D eigenvalue weighted by Gasteiger charge is -2.35. The monoisotopic (exact) mass is 287 g/mol. The van der Waals surface area contributed by atoms with Crippen molar-refractivity contribution >= 4 is 16.5 Å². The van der Waals surface area contributed by atoms with E-state index < -0.39 is 0 Å². The molecule has 1 aromatic carbocycles. The summed E-state index contributed by atoms with van der Waals surface area (Å²) < 4.78 is 0. The molecule has 4 heteroatoms. The molecule has 1 aromatic heterocycles. The summed E-state index contributed by atoms with van der Waals surface area (Å²) in [4.78, 5) is 8.02. The molecule has 0 amide bonds. The van der Waals surface area contributed by atoms with Gasteiger partial charge in [0.2, 0.25) is 0 Å². The quantitative estimate of drug-likeness (QED) is 0.938. The number of benzene rings is 1. The van der Waals surface area contributed by atoms with Gasteiger partial charge < -0.3 is 5.73 Å². The van der Waals surface area contributed by atoms with E-state index in [1.807, 2.05) is 6.20 Å². The molecule has 106 valence electrons. The maximum atomic E-state index is 5.73. The molecule has 2 aromatic rings. The Morgan fingerprint density at radius 3 is 2.85 bits per heavy atom. The first kappa shape index (κ1) is 13.6. The number of anilines is 1. The highest BCUT2D eigenvalue weighted by molar-refractivity contribution is 7.15. The Labute approximate surface area is 124 Å². The van der Waals surface area contributed by atoms with Crippen molar-refractivity contribution in [1.29, 1.82) is 0 Å². The Bertz CT molecular complexity index is 566. The van der Waals surface area contributed by atoms with Crippen molar-refractivity contribution in [3.05, 3.63) is 47.0 Å². The zero-order chi connectivity index (χ0) is 14.0. The van der Waals surface area contributed by atoms with Gasteiger partial charge in [-0.15, -0.1) is 11.3 Å². The van der Waals surface area contributed by atoms with Crippen molar-refractivity contribution in [2.45, 2.75) is 38.3 Å². The number of hydrogen-bond acceptors (Lipinski definition) is 4. The van der Waals surface area contributed by atoms with E-state index in [0.29, 0.717) is 5.13 Å². The summed E-state index contributed by atoms with van der Waals surface area (Å²) in [5.41, 5.74) is 7.40. The summed E-state index contributed by atoms with van der Waals surface area (Å²) in [6, 6.07) is 10.8. The Morgan fingerprint density at radius 1 is 1.35 bits per heavy atom. The van der Waals surface area contributed by atoms with E-state index >= 15 is 0 Å². The van der Waals surface area contributed by atoms with E-state index in [0.717, 1.165) is 13.0 Å². The van der Waals surface area contributed by atoms with Gasteiger partial charge in [0.25, 0.3) is 0 Å². The maximum Gasteiger partial charge on any atom is 0.180 e. The van der Waals surface area contributed by atoms with Gasteiger partial charge in [0.1, 0.15) is 0 Å². The fourth-order valence-corrected chi connectivity index (χ4v) is 3.87. The first-order chi connectivity index (χ1) is 9.66. The third-order valence-corrected chi connectivity index (χ3v) is 5.06. The van der Waals surface area contributed by atoms with Crippen LogP contribution in [0.2, 0.25) is 0 Å². The average molecular weight is 287 g/mol. The summed E-state index contributed by atoms with van der Waals surface area (Å²) in [5.74, 6) is 0. The fraction of sp³-hybridized carbons (Fsp3) is 0.438. The van der Waals surface area contributed by atoms with E-state index in [1.54, 1.807) is 11.3 Å². The molecule has 1 saturated heterocycles. The number of thiazole rings is 1. The molecule has 0 aliphatic carbocycles. The highest BCUT2D eigenvalue weighted by atomic mass is 32.1. The molecule has 0 bridgehead atoms. The first-order valence-electron chi connectivity index (χ1n) is 7.15. The van der Waals surface area contributed by atoms with Crippen LogP contribution in [-0.4, -0.2) is 22.0 Å². The van der Waals surface area contributed by atoms with Gasteiger partial charge in [-0.3, -0.25) is 4.90 Å². The van der Waals surface area contributed by atoms with Crippen LogP contribution in [-0.2, 0) is 13.0 Å². The van der Waals surface area contributed by atoms with Crippen LogP contribution in [0.4, 0.5) is 5.13 Å². The topological polar surface area (TPSA) is 42.2 Å². The lowest BCUT2D eigenvalue weighted by atomic mass is 9.90. The molecule has 1 atom stereocenters. The second kappa shape index (κ2) is 5.54. The molecule has 0 radical (unpaired) electrons. The molecule has 1 unspecified atom stereocenters. The predicted molar refractivity (Wildman–Crippen MR) is 84.7 cm³/mol. The van der Waals surface area contributed by atoms with Crippen molar-refractivity contribution in [2.24, 2.45) is 0 Å². The van der Waals surface area contributed by atoms with Gasteiger partial charge in [0, 0.05) is 23.2 Å². The summed E-state index contributed by atoms with van der Waals surface area (Å²) >= 11 is 1.61. The van der Waals surface area contributed by atoms with Gasteiger partial charge in [-0.05, 0) is 38.3 Å². The van der Waals surface area contributed by atoms with E-state index in [2.05, 4.69) is 47.1 Å². The largest absolute Gasteiger partial charge is 0.375 e. The Hall–Kier alpha value is -1.39. The molecule has 1 fully saturated rings. The van der Waals surface area contributed by atoms with Crippen LogP contribution in [0.3, 0.4) is 0 Å². The summed E-state index contributed by atoms with van der Waals surface area (Å²) in [6.45, 7) is 4.52. The van der Waals surface area contributed by atoms with E-state index in [4.69, 9.17) is 5.73 Å². The van der Waals surface area contributed by atoms with Crippen LogP contribution in [0.15, 0.2) is 36.5 Å². The maximum absolute atomic E-state index is 5.73. The number of aromatic nitrogens is 1. The number of nitrogens with zero attached hydrogens (tertiary/aromatic N) is 2. The highest BCUT2D eigenvalue weighted by Crippen LogP contribution is 2.34. The van der Waals surface area contributed by atoms with Crippen molar-refractivity contribution in [3.63, 3.8) is 0 Å². The molecule has 20 heavy (non-hydrogen) atoms. The fourth-order valence-electron chi connectivity index (χ4n) is 3.17. The molecule has 3 rings (SSSR count). The van der Waals surface area contributed by atoms with Crippen LogP contribution in [0.25, 0.3) is 0 Å². The Balaban J connectivity index is 1.73. The molecule has 2 N–H and O–H groups in total. The molecule has 3 nitrogen and oxygen atoms in total. The molecular weight excluding hydrogens is 266 g/mol. The molecule has 2 heterocycles. The SMILES string of the molecule is CC1(Cc2ccccc2)CCCN1Cc1cnc(N)s1. The van der Waals surface area contributed by atoms with Gasteiger partial charge >= 0.3 is 0 Å². The van der Waals surface area contributed by atoms with E-state index in [9.17, 15) is 0 Å². The predicted octanol–water partition coefficient (Wildman–Crippen LogP) is 3.32. The van der Waals surface area contributed by atoms with Gasteiger partial charge in [0.15, 0.2) is 5.13 Å². The lowest BCUT2D eigenvalue weighted by molar-refractivity contribution is 0.148. The summed E-state index contributed by atoms with van der Waals surface area (Å²) in [7, 11) is 0. The minimum absolute atomic E-state index is 0.250. The number of nitrogens with two attached hydrogens (primary N) is 1. The highest BCUT2D eigenvalue weighted by Gasteiger charge is 2.36. The van der Waals surface area contributed by atoms with Crippen LogP contribution in [0, 0.1) is 0 Å². The number of likely N-dealkylation sites (tertiary alicyclic amines) is 1. The van der Waals surface area contributed by atoms with Crippen LogP contribution in [0.5, 0.6) is 0 Å². The first-order valence-corrected chi connectivity index (χ1v) is 7.96. The number of hydrogen-bond donors (Lipinski definition) is 1.